The molecule has 1 aromatic rings. The van der Waals surface area contributed by atoms with Crippen molar-refractivity contribution >= 4 is 29.1 Å². The zero-order valence-corrected chi connectivity index (χ0v) is 14.0. The molecule has 0 radical (unpaired) electrons. The zero-order valence-electron chi connectivity index (χ0n) is 13.2. The molecule has 22 heavy (non-hydrogen) atoms. The molecule has 1 amide bonds. The number of benzene rings is 1. The van der Waals surface area contributed by atoms with E-state index in [0.717, 1.165) is 5.56 Å². The lowest BCUT2D eigenvalue weighted by Gasteiger charge is -2.18. The Morgan fingerprint density at radius 2 is 2.00 bits per heavy atom. The number of amides is 1. The number of nitrogens with one attached hydrogen (secondary N) is 1. The molecule has 1 aliphatic rings. The summed E-state index contributed by atoms with van der Waals surface area (Å²) in [6.07, 6.45) is 4.06. The molecular formula is C17H21N3OS. The van der Waals surface area contributed by atoms with E-state index in [1.807, 2.05) is 12.1 Å². The van der Waals surface area contributed by atoms with Crippen molar-refractivity contribution < 1.29 is 4.79 Å². The molecule has 0 aliphatic carbocycles. The largest absolute Gasteiger partial charge is 0.303 e. The molecule has 0 aromatic heterocycles. The predicted molar refractivity (Wildman–Crippen MR) is 94.5 cm³/mol. The summed E-state index contributed by atoms with van der Waals surface area (Å²) in [6, 6.07) is 8.23. The van der Waals surface area contributed by atoms with E-state index in [9.17, 15) is 4.79 Å². The van der Waals surface area contributed by atoms with Gasteiger partial charge in [0.05, 0.1) is 11.5 Å². The number of rotatable bonds is 4. The Morgan fingerprint density at radius 3 is 2.59 bits per heavy atom. The van der Waals surface area contributed by atoms with E-state index >= 15 is 0 Å². The number of nitrogens with zero attached hydrogens (tertiary/aromatic N) is 2. The summed E-state index contributed by atoms with van der Waals surface area (Å²) in [5.41, 5.74) is 2.40. The van der Waals surface area contributed by atoms with Gasteiger partial charge in [0.2, 0.25) is 5.91 Å². The fraction of sp³-hybridized carbons (Fsp3) is 0.353. The molecule has 0 unspecified atom stereocenters. The normalized spacial score (nSPS) is 20.6. The first-order chi connectivity index (χ1) is 10.4. The lowest BCUT2D eigenvalue weighted by Crippen LogP contribution is -2.24. The summed E-state index contributed by atoms with van der Waals surface area (Å²) in [5, 5.41) is 11.2. The molecular weight excluding hydrogens is 294 g/mol. The predicted octanol–water partition coefficient (Wildman–Crippen LogP) is 3.48. The van der Waals surface area contributed by atoms with Crippen LogP contribution in [0.4, 0.5) is 0 Å². The topological polar surface area (TPSA) is 53.8 Å². The zero-order chi connectivity index (χ0) is 16.2. The van der Waals surface area contributed by atoms with Crippen LogP contribution in [0.1, 0.15) is 38.3 Å². The Bertz CT molecular complexity index is 612. The van der Waals surface area contributed by atoms with Crippen molar-refractivity contribution in [2.45, 2.75) is 37.9 Å². The number of carbonyl (C=O) groups is 1. The highest BCUT2D eigenvalue weighted by Crippen LogP contribution is 2.23. The molecule has 1 aromatic carbocycles. The van der Waals surface area contributed by atoms with E-state index in [1.165, 1.54) is 17.3 Å². The Kier molecular flexibility index (Phi) is 5.19. The first kappa shape index (κ1) is 16.5. The third kappa shape index (κ3) is 4.31. The molecule has 116 valence electrons. The molecule has 4 nitrogen and oxygen atoms in total. The first-order valence-corrected chi connectivity index (χ1v) is 8.08. The summed E-state index contributed by atoms with van der Waals surface area (Å²) in [5.74, 6) is -0.0339. The number of amidine groups is 1. The minimum atomic E-state index is -0.141. The van der Waals surface area contributed by atoms with Gasteiger partial charge in [0.1, 0.15) is 0 Å². The highest BCUT2D eigenvalue weighted by atomic mass is 32.2. The summed E-state index contributed by atoms with van der Waals surface area (Å²) >= 11 is 1.39. The number of hydrogen-bond acceptors (Lipinski definition) is 4. The van der Waals surface area contributed by atoms with Gasteiger partial charge in [-0.25, -0.2) is 0 Å². The maximum Gasteiger partial charge on any atom is 0.239 e. The van der Waals surface area contributed by atoms with Crippen LogP contribution in [0.25, 0.3) is 0 Å². The third-order valence-corrected chi connectivity index (χ3v) is 4.39. The SMILES string of the molecule is C=CC[C@@H]1S/C(=N/N=Cc2ccc(C(C)(C)C)cc2)NC1=O. The van der Waals surface area contributed by atoms with Crippen LogP contribution >= 0.6 is 11.8 Å². The van der Waals surface area contributed by atoms with Crippen molar-refractivity contribution in [1.29, 1.82) is 0 Å². The van der Waals surface area contributed by atoms with Crippen LogP contribution in [0.15, 0.2) is 47.1 Å². The van der Waals surface area contributed by atoms with E-state index in [-0.39, 0.29) is 16.6 Å². The Balaban J connectivity index is 1.99. The van der Waals surface area contributed by atoms with Gasteiger partial charge in [-0.1, -0.05) is 62.9 Å². The van der Waals surface area contributed by atoms with Crippen LogP contribution in [0.3, 0.4) is 0 Å². The second-order valence-corrected chi connectivity index (χ2v) is 7.33. The van der Waals surface area contributed by atoms with Crippen LogP contribution in [-0.2, 0) is 10.2 Å². The van der Waals surface area contributed by atoms with Crippen molar-refractivity contribution in [2.75, 3.05) is 0 Å². The fourth-order valence-corrected chi connectivity index (χ4v) is 2.90. The number of carbonyl (C=O) groups excluding carboxylic acids is 1. The van der Waals surface area contributed by atoms with Gasteiger partial charge in [0, 0.05) is 0 Å². The van der Waals surface area contributed by atoms with Gasteiger partial charge >= 0.3 is 0 Å². The summed E-state index contributed by atoms with van der Waals surface area (Å²) in [6.45, 7) is 10.2. The second kappa shape index (κ2) is 6.92. The molecule has 0 saturated carbocycles. The summed E-state index contributed by atoms with van der Waals surface area (Å²) in [4.78, 5) is 11.6. The average molecular weight is 315 g/mol. The number of allylic oxidation sites excluding steroid dienone is 1. The Hall–Kier alpha value is -1.88. The van der Waals surface area contributed by atoms with Crippen molar-refractivity contribution in [2.24, 2.45) is 10.2 Å². The summed E-state index contributed by atoms with van der Waals surface area (Å²) in [7, 11) is 0. The van der Waals surface area contributed by atoms with Gasteiger partial charge in [-0.15, -0.1) is 11.7 Å². The quantitative estimate of drug-likeness (QED) is 0.525. The minimum Gasteiger partial charge on any atom is -0.303 e. The van der Waals surface area contributed by atoms with E-state index in [2.05, 4.69) is 55.0 Å². The van der Waals surface area contributed by atoms with Crippen LogP contribution in [-0.4, -0.2) is 22.5 Å². The highest BCUT2D eigenvalue weighted by Gasteiger charge is 2.28. The maximum atomic E-state index is 11.6. The van der Waals surface area contributed by atoms with Crippen LogP contribution in [0.2, 0.25) is 0 Å². The smallest absolute Gasteiger partial charge is 0.239 e. The standard InChI is InChI=1S/C17H21N3OS/c1-5-6-14-15(21)19-16(22-14)20-18-11-12-7-9-13(10-8-12)17(2,3)4/h5,7-11,14H,1,6H2,2-4H3,(H,19,20,21)/t14-/m0/s1. The van der Waals surface area contributed by atoms with Gasteiger partial charge in [-0.2, -0.15) is 5.10 Å². The van der Waals surface area contributed by atoms with E-state index in [1.54, 1.807) is 12.3 Å². The molecule has 1 aliphatic heterocycles. The lowest BCUT2D eigenvalue weighted by atomic mass is 9.87. The summed E-state index contributed by atoms with van der Waals surface area (Å²) < 4.78 is 0. The Labute approximate surface area is 135 Å². The van der Waals surface area contributed by atoms with Crippen LogP contribution in [0.5, 0.6) is 0 Å². The van der Waals surface area contributed by atoms with Crippen molar-refractivity contribution in [3.05, 3.63) is 48.0 Å². The monoisotopic (exact) mass is 315 g/mol. The Morgan fingerprint density at radius 1 is 1.32 bits per heavy atom. The van der Waals surface area contributed by atoms with E-state index < -0.39 is 0 Å². The van der Waals surface area contributed by atoms with E-state index in [4.69, 9.17) is 0 Å². The van der Waals surface area contributed by atoms with Gasteiger partial charge in [0.15, 0.2) is 5.17 Å². The van der Waals surface area contributed by atoms with Crippen LogP contribution < -0.4 is 5.32 Å². The number of hydrogen-bond donors (Lipinski definition) is 1. The molecule has 1 N–H and O–H groups in total. The molecule has 1 heterocycles. The lowest BCUT2D eigenvalue weighted by molar-refractivity contribution is -0.118. The molecule has 0 bridgehead atoms. The maximum absolute atomic E-state index is 11.6. The molecule has 1 atom stereocenters. The number of thioether (sulfide) groups is 1. The molecule has 1 saturated heterocycles. The minimum absolute atomic E-state index is 0.0339. The molecule has 0 spiro atoms. The van der Waals surface area contributed by atoms with Gasteiger partial charge in [-0.05, 0) is 23.0 Å². The van der Waals surface area contributed by atoms with Crippen LogP contribution in [0, 0.1) is 0 Å². The van der Waals surface area contributed by atoms with Gasteiger partial charge in [0.25, 0.3) is 0 Å². The van der Waals surface area contributed by atoms with Gasteiger partial charge < -0.3 is 5.32 Å². The van der Waals surface area contributed by atoms with Gasteiger partial charge in [-0.3, -0.25) is 4.79 Å². The average Bonchev–Trinajstić information content (AvgIpc) is 2.79. The first-order valence-electron chi connectivity index (χ1n) is 7.20. The van der Waals surface area contributed by atoms with E-state index in [0.29, 0.717) is 11.6 Å². The third-order valence-electron chi connectivity index (χ3n) is 3.29. The molecule has 1 fully saturated rings. The van der Waals surface area contributed by atoms with Crippen molar-refractivity contribution in [3.8, 4) is 0 Å². The fourth-order valence-electron chi connectivity index (χ4n) is 1.98. The molecule has 2 rings (SSSR count). The second-order valence-electron chi connectivity index (χ2n) is 6.14. The highest BCUT2D eigenvalue weighted by molar-refractivity contribution is 8.15. The molecule has 5 heteroatoms. The van der Waals surface area contributed by atoms with Crippen molar-refractivity contribution in [1.82, 2.24) is 5.32 Å². The van der Waals surface area contributed by atoms with Crippen molar-refractivity contribution in [3.63, 3.8) is 0 Å².